The summed E-state index contributed by atoms with van der Waals surface area (Å²) in [6.07, 6.45) is 2.28. The fraction of sp³-hybridized carbons (Fsp3) is 0.273. The van der Waals surface area contributed by atoms with Gasteiger partial charge in [-0.15, -0.1) is 5.10 Å². The van der Waals surface area contributed by atoms with E-state index in [1.165, 1.54) is 0 Å². The summed E-state index contributed by atoms with van der Waals surface area (Å²) in [5.74, 6) is 0.455. The first-order valence-corrected chi connectivity index (χ1v) is 5.47. The van der Waals surface area contributed by atoms with Gasteiger partial charge in [0.1, 0.15) is 0 Å². The van der Waals surface area contributed by atoms with Crippen molar-refractivity contribution >= 4 is 23.3 Å². The molecule has 0 unspecified atom stereocenters. The number of benzene rings is 1. The molecule has 1 aliphatic rings. The fourth-order valence-electron chi connectivity index (χ4n) is 1.46. The second-order valence-electron chi connectivity index (χ2n) is 3.79. The smallest absolute Gasteiger partial charge is 0.211 e. The van der Waals surface area contributed by atoms with Crippen molar-refractivity contribution in [3.63, 3.8) is 0 Å². The summed E-state index contributed by atoms with van der Waals surface area (Å²) in [4.78, 5) is 0. The van der Waals surface area contributed by atoms with E-state index in [2.05, 4.69) is 10.2 Å². The zero-order valence-electron chi connectivity index (χ0n) is 8.73. The van der Waals surface area contributed by atoms with Crippen LogP contribution in [0.5, 0.6) is 0 Å². The van der Waals surface area contributed by atoms with Crippen LogP contribution < -0.4 is 11.5 Å². The molecule has 0 aromatic heterocycles. The van der Waals surface area contributed by atoms with Gasteiger partial charge in [-0.05, 0) is 30.5 Å². The molecule has 1 aliphatic carbocycles. The lowest BCUT2D eigenvalue weighted by Crippen LogP contribution is -2.22. The Hall–Kier alpha value is -1.55. The van der Waals surface area contributed by atoms with Crippen LogP contribution in [0.2, 0.25) is 5.02 Å². The van der Waals surface area contributed by atoms with Gasteiger partial charge >= 0.3 is 0 Å². The third kappa shape index (κ3) is 2.73. The maximum Gasteiger partial charge on any atom is 0.211 e. The van der Waals surface area contributed by atoms with Gasteiger partial charge in [-0.25, -0.2) is 0 Å². The lowest BCUT2D eigenvalue weighted by molar-refractivity contribution is 1.11. The molecule has 16 heavy (non-hydrogen) atoms. The SMILES string of the molecule is NC(N)=N/N=C(/c1ccc(Cl)cc1)C1CC1. The maximum atomic E-state index is 5.83. The molecule has 1 fully saturated rings. The molecular formula is C11H13ClN4. The second kappa shape index (κ2) is 4.53. The zero-order valence-corrected chi connectivity index (χ0v) is 9.48. The van der Waals surface area contributed by atoms with Gasteiger partial charge in [-0.2, -0.15) is 5.10 Å². The summed E-state index contributed by atoms with van der Waals surface area (Å²) in [6.45, 7) is 0. The minimum absolute atomic E-state index is 0.0212. The molecule has 0 bridgehead atoms. The lowest BCUT2D eigenvalue weighted by Gasteiger charge is -2.03. The van der Waals surface area contributed by atoms with Crippen LogP contribution in [-0.2, 0) is 0 Å². The van der Waals surface area contributed by atoms with Gasteiger partial charge in [0, 0.05) is 10.9 Å². The highest BCUT2D eigenvalue weighted by Crippen LogP contribution is 2.33. The molecule has 4 nitrogen and oxygen atoms in total. The third-order valence-corrected chi connectivity index (χ3v) is 2.63. The standard InChI is InChI=1S/C11H13ClN4/c12-9-5-3-8(4-6-9)10(7-1-2-7)15-16-11(13)14/h3-7H,1-2H2,(H4,13,14,16)/b15-10+. The van der Waals surface area contributed by atoms with Gasteiger partial charge in [0.15, 0.2) is 0 Å². The topological polar surface area (TPSA) is 76.8 Å². The van der Waals surface area contributed by atoms with E-state index in [-0.39, 0.29) is 5.96 Å². The van der Waals surface area contributed by atoms with Crippen LogP contribution in [0.1, 0.15) is 18.4 Å². The Labute approximate surface area is 99.0 Å². The van der Waals surface area contributed by atoms with Crippen LogP contribution in [0.25, 0.3) is 0 Å². The number of halogens is 1. The van der Waals surface area contributed by atoms with Gasteiger partial charge in [0.25, 0.3) is 0 Å². The average molecular weight is 237 g/mol. The first kappa shape index (κ1) is 11.0. The van der Waals surface area contributed by atoms with Crippen LogP contribution in [0, 0.1) is 5.92 Å². The molecule has 0 radical (unpaired) electrons. The van der Waals surface area contributed by atoms with Crippen LogP contribution in [0.4, 0.5) is 0 Å². The minimum atomic E-state index is -0.0212. The number of hydrogen-bond donors (Lipinski definition) is 2. The molecule has 84 valence electrons. The molecule has 0 aliphatic heterocycles. The molecular weight excluding hydrogens is 224 g/mol. The second-order valence-corrected chi connectivity index (χ2v) is 4.23. The first-order chi connectivity index (χ1) is 7.66. The van der Waals surface area contributed by atoms with Crippen molar-refractivity contribution in [3.05, 3.63) is 34.9 Å². The lowest BCUT2D eigenvalue weighted by atomic mass is 10.1. The number of hydrogen-bond acceptors (Lipinski definition) is 2. The molecule has 0 saturated heterocycles. The fourth-order valence-corrected chi connectivity index (χ4v) is 1.59. The summed E-state index contributed by atoms with van der Waals surface area (Å²) in [7, 11) is 0. The van der Waals surface area contributed by atoms with E-state index >= 15 is 0 Å². The van der Waals surface area contributed by atoms with Crippen LogP contribution >= 0.6 is 11.6 Å². The number of nitrogens with zero attached hydrogens (tertiary/aromatic N) is 2. The van der Waals surface area contributed by atoms with Crippen molar-refractivity contribution in [1.29, 1.82) is 0 Å². The van der Waals surface area contributed by atoms with Crippen molar-refractivity contribution in [2.24, 2.45) is 27.6 Å². The Morgan fingerprint density at radius 3 is 2.25 bits per heavy atom. The molecule has 0 atom stereocenters. The third-order valence-electron chi connectivity index (χ3n) is 2.38. The molecule has 1 saturated carbocycles. The summed E-state index contributed by atoms with van der Waals surface area (Å²) >= 11 is 5.83. The van der Waals surface area contributed by atoms with Gasteiger partial charge < -0.3 is 11.5 Å². The molecule has 0 amide bonds. The van der Waals surface area contributed by atoms with Gasteiger partial charge in [-0.3, -0.25) is 0 Å². The normalized spacial score (nSPS) is 15.9. The largest absolute Gasteiger partial charge is 0.369 e. The highest BCUT2D eigenvalue weighted by atomic mass is 35.5. The Morgan fingerprint density at radius 2 is 1.75 bits per heavy atom. The Morgan fingerprint density at radius 1 is 1.12 bits per heavy atom. The maximum absolute atomic E-state index is 5.83. The highest BCUT2D eigenvalue weighted by molar-refractivity contribution is 6.30. The molecule has 1 aromatic carbocycles. The van der Waals surface area contributed by atoms with Crippen LogP contribution in [0.3, 0.4) is 0 Å². The molecule has 4 N–H and O–H groups in total. The summed E-state index contributed by atoms with van der Waals surface area (Å²) in [5.41, 5.74) is 12.5. The van der Waals surface area contributed by atoms with Crippen LogP contribution in [0.15, 0.2) is 34.5 Å². The predicted octanol–water partition coefficient (Wildman–Crippen LogP) is 1.73. The van der Waals surface area contributed by atoms with E-state index < -0.39 is 0 Å². The Bertz CT molecular complexity index is 428. The molecule has 0 heterocycles. The number of rotatable bonds is 3. The predicted molar refractivity (Wildman–Crippen MR) is 66.5 cm³/mol. The first-order valence-electron chi connectivity index (χ1n) is 5.09. The molecule has 1 aromatic rings. The van der Waals surface area contributed by atoms with Crippen molar-refractivity contribution in [1.82, 2.24) is 0 Å². The molecule has 2 rings (SSSR count). The van der Waals surface area contributed by atoms with E-state index in [1.807, 2.05) is 24.3 Å². The minimum Gasteiger partial charge on any atom is -0.369 e. The molecule has 5 heteroatoms. The Balaban J connectivity index is 2.29. The van der Waals surface area contributed by atoms with E-state index in [4.69, 9.17) is 23.1 Å². The molecule has 0 spiro atoms. The summed E-state index contributed by atoms with van der Waals surface area (Å²) in [5, 5.41) is 8.52. The van der Waals surface area contributed by atoms with Crippen molar-refractivity contribution in [2.75, 3.05) is 0 Å². The van der Waals surface area contributed by atoms with Gasteiger partial charge in [-0.1, -0.05) is 23.7 Å². The van der Waals surface area contributed by atoms with Crippen molar-refractivity contribution < 1.29 is 0 Å². The van der Waals surface area contributed by atoms with Crippen LogP contribution in [-0.4, -0.2) is 11.7 Å². The van der Waals surface area contributed by atoms with E-state index in [0.717, 1.165) is 24.1 Å². The van der Waals surface area contributed by atoms with Crippen molar-refractivity contribution in [2.45, 2.75) is 12.8 Å². The van der Waals surface area contributed by atoms with Gasteiger partial charge in [0.2, 0.25) is 5.96 Å². The quantitative estimate of drug-likeness (QED) is 0.476. The summed E-state index contributed by atoms with van der Waals surface area (Å²) in [6, 6.07) is 7.54. The Kier molecular flexibility index (Phi) is 3.10. The number of guanidine groups is 1. The van der Waals surface area contributed by atoms with Gasteiger partial charge in [0.05, 0.1) is 5.71 Å². The highest BCUT2D eigenvalue weighted by Gasteiger charge is 2.28. The van der Waals surface area contributed by atoms with E-state index in [1.54, 1.807) is 0 Å². The van der Waals surface area contributed by atoms with Crippen molar-refractivity contribution in [3.8, 4) is 0 Å². The van der Waals surface area contributed by atoms with E-state index in [9.17, 15) is 0 Å². The zero-order chi connectivity index (χ0) is 11.5. The average Bonchev–Trinajstić information content (AvgIpc) is 3.04. The van der Waals surface area contributed by atoms with E-state index in [0.29, 0.717) is 10.9 Å². The monoisotopic (exact) mass is 236 g/mol. The summed E-state index contributed by atoms with van der Waals surface area (Å²) < 4.78 is 0. The number of nitrogens with two attached hydrogens (primary N) is 2.